The first-order valence-electron chi connectivity index (χ1n) is 6.73. The van der Waals surface area contributed by atoms with Crippen molar-refractivity contribution in [2.45, 2.75) is 19.4 Å². The Balaban J connectivity index is 0.00000242. The van der Waals surface area contributed by atoms with Crippen LogP contribution < -0.4 is 10.6 Å². The highest BCUT2D eigenvalue weighted by Gasteiger charge is 2.11. The van der Waals surface area contributed by atoms with Crippen molar-refractivity contribution in [2.24, 2.45) is 0 Å². The van der Waals surface area contributed by atoms with E-state index in [1.54, 1.807) is 12.1 Å². The van der Waals surface area contributed by atoms with E-state index in [-0.39, 0.29) is 30.8 Å². The summed E-state index contributed by atoms with van der Waals surface area (Å²) in [6, 6.07) is 7.43. The van der Waals surface area contributed by atoms with Crippen LogP contribution in [0.25, 0.3) is 11.5 Å². The quantitative estimate of drug-likeness (QED) is 0.846. The van der Waals surface area contributed by atoms with Gasteiger partial charge in [0.05, 0.1) is 12.1 Å². The molecule has 7 heteroatoms. The zero-order valence-corrected chi connectivity index (χ0v) is 14.0. The summed E-state index contributed by atoms with van der Waals surface area (Å²) in [5, 5.41) is 6.55. The van der Waals surface area contributed by atoms with Crippen LogP contribution in [-0.2, 0) is 11.2 Å². The fraction of sp³-hybridized carbons (Fsp3) is 0.333. The van der Waals surface area contributed by atoms with Crippen molar-refractivity contribution < 1.29 is 9.21 Å². The number of nitrogens with one attached hydrogen (secondary N) is 2. The number of aromatic nitrogens is 1. The van der Waals surface area contributed by atoms with Gasteiger partial charge in [-0.1, -0.05) is 11.6 Å². The summed E-state index contributed by atoms with van der Waals surface area (Å²) in [5.41, 5.74) is 1.43. The van der Waals surface area contributed by atoms with Crippen molar-refractivity contribution in [3.05, 3.63) is 41.2 Å². The van der Waals surface area contributed by atoms with E-state index in [2.05, 4.69) is 15.6 Å². The summed E-state index contributed by atoms with van der Waals surface area (Å²) >= 11 is 5.84. The monoisotopic (exact) mass is 343 g/mol. The van der Waals surface area contributed by atoms with Gasteiger partial charge in [-0.05, 0) is 38.2 Å². The summed E-state index contributed by atoms with van der Waals surface area (Å²) in [7, 11) is 1.85. The first-order chi connectivity index (χ1) is 10.1. The standard InChI is InChI=1S/C15H18ClN3O2.ClH/c1-10(17-2)8-18-14(20)7-13-9-21-15(19-13)11-3-5-12(16)6-4-11;/h3-6,9-10,17H,7-8H2,1-2H3,(H,18,20);1H. The number of nitrogens with zero attached hydrogens (tertiary/aromatic N) is 1. The van der Waals surface area contributed by atoms with Crippen LogP contribution in [0.4, 0.5) is 0 Å². The Bertz CT molecular complexity index is 599. The van der Waals surface area contributed by atoms with Crippen molar-refractivity contribution in [2.75, 3.05) is 13.6 Å². The third-order valence-electron chi connectivity index (χ3n) is 3.08. The average Bonchev–Trinajstić information content (AvgIpc) is 2.94. The van der Waals surface area contributed by atoms with E-state index >= 15 is 0 Å². The highest BCUT2D eigenvalue weighted by molar-refractivity contribution is 6.30. The Morgan fingerprint density at radius 2 is 2.05 bits per heavy atom. The molecule has 2 N–H and O–H groups in total. The maximum absolute atomic E-state index is 11.8. The lowest BCUT2D eigenvalue weighted by Gasteiger charge is -2.10. The van der Waals surface area contributed by atoms with Crippen LogP contribution in [0.15, 0.2) is 34.9 Å². The number of amides is 1. The molecule has 1 heterocycles. The van der Waals surface area contributed by atoms with E-state index in [0.717, 1.165) is 5.56 Å². The van der Waals surface area contributed by atoms with Crippen LogP contribution in [0.3, 0.4) is 0 Å². The number of hydrogen-bond donors (Lipinski definition) is 2. The Labute approximate surface area is 140 Å². The van der Waals surface area contributed by atoms with E-state index < -0.39 is 0 Å². The van der Waals surface area contributed by atoms with Gasteiger partial charge in [-0.3, -0.25) is 4.79 Å². The maximum atomic E-state index is 11.8. The molecule has 1 aromatic heterocycles. The van der Waals surface area contributed by atoms with Crippen LogP contribution in [-0.4, -0.2) is 30.5 Å². The van der Waals surface area contributed by atoms with Gasteiger partial charge in [-0.15, -0.1) is 12.4 Å². The number of carbonyl (C=O) groups excluding carboxylic acids is 1. The molecule has 0 saturated heterocycles. The summed E-state index contributed by atoms with van der Waals surface area (Å²) in [4.78, 5) is 16.1. The molecule has 0 saturated carbocycles. The lowest BCUT2D eigenvalue weighted by atomic mass is 10.2. The largest absolute Gasteiger partial charge is 0.444 e. The van der Waals surface area contributed by atoms with Gasteiger partial charge in [0.15, 0.2) is 0 Å². The normalized spacial score (nSPS) is 11.6. The van der Waals surface area contributed by atoms with E-state index in [9.17, 15) is 4.79 Å². The molecule has 22 heavy (non-hydrogen) atoms. The molecule has 0 radical (unpaired) electrons. The molecule has 1 atom stereocenters. The minimum Gasteiger partial charge on any atom is -0.444 e. The zero-order chi connectivity index (χ0) is 15.2. The molecule has 120 valence electrons. The molecule has 0 spiro atoms. The molecule has 0 aliphatic rings. The minimum absolute atomic E-state index is 0. The number of oxazole rings is 1. The summed E-state index contributed by atoms with van der Waals surface area (Å²) in [5.74, 6) is 0.408. The molecule has 1 unspecified atom stereocenters. The molecule has 2 rings (SSSR count). The Morgan fingerprint density at radius 3 is 2.68 bits per heavy atom. The number of carbonyl (C=O) groups is 1. The molecule has 0 fully saturated rings. The van der Waals surface area contributed by atoms with Crippen molar-refractivity contribution >= 4 is 29.9 Å². The highest BCUT2D eigenvalue weighted by Crippen LogP contribution is 2.20. The summed E-state index contributed by atoms with van der Waals surface area (Å²) in [6.07, 6.45) is 1.71. The average molecular weight is 344 g/mol. The number of hydrogen-bond acceptors (Lipinski definition) is 4. The van der Waals surface area contributed by atoms with Gasteiger partial charge in [0.1, 0.15) is 6.26 Å². The van der Waals surface area contributed by atoms with Crippen molar-refractivity contribution in [3.8, 4) is 11.5 Å². The molecule has 5 nitrogen and oxygen atoms in total. The lowest BCUT2D eigenvalue weighted by Crippen LogP contribution is -2.37. The molecule has 1 amide bonds. The molecule has 0 aliphatic carbocycles. The van der Waals surface area contributed by atoms with Crippen molar-refractivity contribution in [1.82, 2.24) is 15.6 Å². The smallest absolute Gasteiger partial charge is 0.226 e. The minimum atomic E-state index is -0.0759. The van der Waals surface area contributed by atoms with Gasteiger partial charge in [-0.25, -0.2) is 4.98 Å². The second-order valence-electron chi connectivity index (χ2n) is 4.82. The van der Waals surface area contributed by atoms with Gasteiger partial charge in [0.25, 0.3) is 0 Å². The van der Waals surface area contributed by atoms with Gasteiger partial charge >= 0.3 is 0 Å². The van der Waals surface area contributed by atoms with Gasteiger partial charge < -0.3 is 15.1 Å². The number of benzene rings is 1. The fourth-order valence-corrected chi connectivity index (χ4v) is 1.84. The third-order valence-corrected chi connectivity index (χ3v) is 3.33. The second kappa shape index (κ2) is 8.78. The number of halogens is 2. The molecular weight excluding hydrogens is 325 g/mol. The molecular formula is C15H19Cl2N3O2. The van der Waals surface area contributed by atoms with Gasteiger partial charge in [0.2, 0.25) is 11.8 Å². The maximum Gasteiger partial charge on any atom is 0.226 e. The highest BCUT2D eigenvalue weighted by atomic mass is 35.5. The zero-order valence-electron chi connectivity index (χ0n) is 12.4. The molecule has 0 bridgehead atoms. The number of rotatable bonds is 6. The first kappa shape index (κ1) is 18.5. The molecule has 1 aromatic carbocycles. The van der Waals surface area contributed by atoms with Gasteiger partial charge in [0, 0.05) is 23.2 Å². The van der Waals surface area contributed by atoms with Crippen molar-refractivity contribution in [3.63, 3.8) is 0 Å². The molecule has 2 aromatic rings. The van der Waals surface area contributed by atoms with Crippen LogP contribution in [0.1, 0.15) is 12.6 Å². The fourth-order valence-electron chi connectivity index (χ4n) is 1.71. The topological polar surface area (TPSA) is 67.2 Å². The SMILES string of the molecule is CNC(C)CNC(=O)Cc1coc(-c2ccc(Cl)cc2)n1.Cl. The Kier molecular flexibility index (Phi) is 7.38. The number of likely N-dealkylation sites (N-methyl/N-ethyl adjacent to an activating group) is 1. The third kappa shape index (κ3) is 5.33. The first-order valence-corrected chi connectivity index (χ1v) is 7.10. The van der Waals surface area contributed by atoms with Crippen LogP contribution in [0, 0.1) is 0 Å². The Hall–Kier alpha value is -1.56. The Morgan fingerprint density at radius 1 is 1.36 bits per heavy atom. The predicted octanol–water partition coefficient (Wildman–Crippen LogP) is 2.68. The summed E-state index contributed by atoms with van der Waals surface area (Å²) < 4.78 is 5.39. The second-order valence-corrected chi connectivity index (χ2v) is 5.26. The van der Waals surface area contributed by atoms with E-state index in [4.69, 9.17) is 16.0 Å². The van der Waals surface area contributed by atoms with Crippen LogP contribution in [0.5, 0.6) is 0 Å². The lowest BCUT2D eigenvalue weighted by molar-refractivity contribution is -0.120. The van der Waals surface area contributed by atoms with E-state index in [0.29, 0.717) is 23.2 Å². The van der Waals surface area contributed by atoms with Gasteiger partial charge in [-0.2, -0.15) is 0 Å². The van der Waals surface area contributed by atoms with E-state index in [1.807, 2.05) is 26.1 Å². The van der Waals surface area contributed by atoms with E-state index in [1.165, 1.54) is 6.26 Å². The summed E-state index contributed by atoms with van der Waals surface area (Å²) in [6.45, 7) is 2.58. The molecule has 0 aliphatic heterocycles. The predicted molar refractivity (Wildman–Crippen MR) is 89.4 cm³/mol. The van der Waals surface area contributed by atoms with Crippen molar-refractivity contribution in [1.29, 1.82) is 0 Å². The van der Waals surface area contributed by atoms with Crippen LogP contribution >= 0.6 is 24.0 Å². The van der Waals surface area contributed by atoms with Crippen LogP contribution in [0.2, 0.25) is 5.02 Å².